The molecule has 0 spiro atoms. The number of unbranched alkanes of at least 4 members (excludes halogenated alkanes) is 4. The molecule has 0 amide bonds. The summed E-state index contributed by atoms with van der Waals surface area (Å²) in [6, 6.07) is 20.6. The van der Waals surface area contributed by atoms with Crippen molar-refractivity contribution in [3.05, 3.63) is 66.5 Å². The van der Waals surface area contributed by atoms with Gasteiger partial charge < -0.3 is 10.1 Å². The predicted molar refractivity (Wildman–Crippen MR) is 109 cm³/mol. The Morgan fingerprint density at radius 2 is 1.41 bits per heavy atom. The average molecular weight is 362 g/mol. The van der Waals surface area contributed by atoms with Crippen LogP contribution in [0, 0.1) is 0 Å². The van der Waals surface area contributed by atoms with Crippen molar-refractivity contribution in [2.75, 3.05) is 0 Å². The van der Waals surface area contributed by atoms with Gasteiger partial charge in [0.05, 0.1) is 11.4 Å². The maximum atomic E-state index is 10.5. The number of nitrogens with one attached hydrogen (secondary N) is 1. The largest absolute Gasteiger partial charge is 0.481 e. The number of H-pyrrole nitrogens is 1. The van der Waals surface area contributed by atoms with Gasteiger partial charge in [-0.3, -0.25) is 4.79 Å². The van der Waals surface area contributed by atoms with Gasteiger partial charge in [-0.15, -0.1) is 0 Å². The van der Waals surface area contributed by atoms with Crippen LogP contribution in [-0.2, 0) is 11.2 Å². The van der Waals surface area contributed by atoms with Crippen molar-refractivity contribution < 1.29 is 9.90 Å². The van der Waals surface area contributed by atoms with E-state index < -0.39 is 5.97 Å². The summed E-state index contributed by atoms with van der Waals surface area (Å²) in [7, 11) is 0. The summed E-state index contributed by atoms with van der Waals surface area (Å²) in [5.41, 5.74) is 4.33. The van der Waals surface area contributed by atoms with Crippen LogP contribution in [0.5, 0.6) is 0 Å². The molecular weight excluding hydrogens is 336 g/mol. The third kappa shape index (κ3) is 5.55. The number of carbonyl (C=O) groups is 1. The average Bonchev–Trinajstić information content (AvgIpc) is 3.13. The number of carboxylic acids is 1. The van der Waals surface area contributed by atoms with Gasteiger partial charge in [-0.05, 0) is 12.8 Å². The van der Waals surface area contributed by atoms with Gasteiger partial charge in [-0.25, -0.2) is 4.98 Å². The second-order valence-electron chi connectivity index (χ2n) is 6.80. The second kappa shape index (κ2) is 9.72. The van der Waals surface area contributed by atoms with E-state index in [0.717, 1.165) is 66.9 Å². The number of nitrogens with zero attached hydrogens (tertiary/aromatic N) is 1. The number of rotatable bonds is 10. The summed E-state index contributed by atoms with van der Waals surface area (Å²) < 4.78 is 0. The normalized spacial score (nSPS) is 10.8. The van der Waals surface area contributed by atoms with Gasteiger partial charge in [0, 0.05) is 24.0 Å². The number of hydrogen-bond donors (Lipinski definition) is 2. The summed E-state index contributed by atoms with van der Waals surface area (Å²) in [4.78, 5) is 18.9. The lowest BCUT2D eigenvalue weighted by Crippen LogP contribution is -1.94. The molecule has 4 heteroatoms. The van der Waals surface area contributed by atoms with Crippen LogP contribution in [0.15, 0.2) is 60.7 Å². The van der Waals surface area contributed by atoms with E-state index in [2.05, 4.69) is 29.2 Å². The fourth-order valence-corrected chi connectivity index (χ4v) is 3.26. The van der Waals surface area contributed by atoms with Crippen LogP contribution in [0.2, 0.25) is 0 Å². The molecule has 0 aliphatic heterocycles. The summed E-state index contributed by atoms with van der Waals surface area (Å²) in [6.45, 7) is 0. The number of aryl methyl sites for hydroxylation is 1. The van der Waals surface area contributed by atoms with Gasteiger partial charge in [-0.1, -0.05) is 79.9 Å². The maximum absolute atomic E-state index is 10.5. The molecule has 3 aromatic rings. The molecule has 1 heterocycles. The van der Waals surface area contributed by atoms with Gasteiger partial charge >= 0.3 is 5.97 Å². The van der Waals surface area contributed by atoms with Crippen LogP contribution >= 0.6 is 0 Å². The van der Waals surface area contributed by atoms with E-state index in [4.69, 9.17) is 10.1 Å². The minimum atomic E-state index is -0.701. The number of hydrogen-bond acceptors (Lipinski definition) is 2. The first kappa shape index (κ1) is 18.9. The molecule has 4 nitrogen and oxygen atoms in total. The molecule has 0 atom stereocenters. The smallest absolute Gasteiger partial charge is 0.303 e. The van der Waals surface area contributed by atoms with E-state index >= 15 is 0 Å². The molecule has 1 aromatic heterocycles. The fraction of sp³-hybridized carbons (Fsp3) is 0.304. The number of benzene rings is 2. The molecule has 0 aliphatic rings. The summed E-state index contributed by atoms with van der Waals surface area (Å²) >= 11 is 0. The number of aliphatic carboxylic acids is 1. The van der Waals surface area contributed by atoms with Gasteiger partial charge in [0.2, 0.25) is 0 Å². The van der Waals surface area contributed by atoms with Crippen LogP contribution in [0.3, 0.4) is 0 Å². The Hall–Kier alpha value is -2.88. The molecule has 0 saturated heterocycles. The van der Waals surface area contributed by atoms with E-state index in [0.29, 0.717) is 0 Å². The maximum Gasteiger partial charge on any atom is 0.303 e. The molecule has 140 valence electrons. The highest BCUT2D eigenvalue weighted by Crippen LogP contribution is 2.30. The number of aromatic nitrogens is 2. The Kier molecular flexibility index (Phi) is 6.80. The lowest BCUT2D eigenvalue weighted by molar-refractivity contribution is -0.137. The molecule has 3 rings (SSSR count). The van der Waals surface area contributed by atoms with Gasteiger partial charge in [-0.2, -0.15) is 0 Å². The molecule has 27 heavy (non-hydrogen) atoms. The van der Waals surface area contributed by atoms with Crippen molar-refractivity contribution in [1.29, 1.82) is 0 Å². The molecule has 0 saturated carbocycles. The fourth-order valence-electron chi connectivity index (χ4n) is 3.26. The quantitative estimate of drug-likeness (QED) is 0.454. The Bertz CT molecular complexity index is 784. The SMILES string of the molecule is O=C(O)CCCCCCCc1nc(-c2ccccc2)c(-c2ccccc2)[nH]1. The first-order valence-corrected chi connectivity index (χ1v) is 9.65. The van der Waals surface area contributed by atoms with Gasteiger partial charge in [0.1, 0.15) is 5.82 Å². The number of imidazole rings is 1. The first-order chi connectivity index (χ1) is 13.2. The number of carboxylic acid groups (broad SMARTS) is 1. The third-order valence-electron chi connectivity index (χ3n) is 4.67. The van der Waals surface area contributed by atoms with E-state index in [1.165, 1.54) is 0 Å². The highest BCUT2D eigenvalue weighted by molar-refractivity contribution is 5.78. The Morgan fingerprint density at radius 3 is 2.07 bits per heavy atom. The van der Waals surface area contributed by atoms with Crippen molar-refractivity contribution in [3.8, 4) is 22.5 Å². The van der Waals surface area contributed by atoms with E-state index in [1.807, 2.05) is 36.4 Å². The lowest BCUT2D eigenvalue weighted by atomic mass is 10.1. The molecule has 0 aliphatic carbocycles. The van der Waals surface area contributed by atoms with E-state index in [-0.39, 0.29) is 6.42 Å². The van der Waals surface area contributed by atoms with Crippen LogP contribution < -0.4 is 0 Å². The van der Waals surface area contributed by atoms with Gasteiger partial charge in [0.25, 0.3) is 0 Å². The lowest BCUT2D eigenvalue weighted by Gasteiger charge is -2.02. The Labute approximate surface area is 160 Å². The van der Waals surface area contributed by atoms with E-state index in [9.17, 15) is 4.79 Å². The standard InChI is InChI=1S/C23H26N2O2/c26-21(27)17-11-3-1-2-10-16-20-24-22(18-12-6-4-7-13-18)23(25-20)19-14-8-5-9-15-19/h4-9,12-15H,1-3,10-11,16-17H2,(H,24,25)(H,26,27). The molecule has 0 unspecified atom stereocenters. The minimum Gasteiger partial charge on any atom is -0.481 e. The summed E-state index contributed by atoms with van der Waals surface area (Å²) in [6.07, 6.45) is 6.17. The van der Waals surface area contributed by atoms with Crippen molar-refractivity contribution in [2.24, 2.45) is 0 Å². The third-order valence-corrected chi connectivity index (χ3v) is 4.67. The monoisotopic (exact) mass is 362 g/mol. The van der Waals surface area contributed by atoms with Crippen molar-refractivity contribution in [3.63, 3.8) is 0 Å². The summed E-state index contributed by atoms with van der Waals surface area (Å²) in [5, 5.41) is 8.67. The summed E-state index contributed by atoms with van der Waals surface area (Å²) in [5.74, 6) is 0.311. The van der Waals surface area contributed by atoms with Crippen LogP contribution in [0.25, 0.3) is 22.5 Å². The molecule has 0 bridgehead atoms. The van der Waals surface area contributed by atoms with Crippen molar-refractivity contribution in [1.82, 2.24) is 9.97 Å². The Balaban J connectivity index is 1.65. The van der Waals surface area contributed by atoms with Crippen LogP contribution in [0.4, 0.5) is 0 Å². The highest BCUT2D eigenvalue weighted by atomic mass is 16.4. The zero-order valence-electron chi connectivity index (χ0n) is 15.5. The van der Waals surface area contributed by atoms with Gasteiger partial charge in [0.15, 0.2) is 0 Å². The molecular formula is C23H26N2O2. The molecule has 2 N–H and O–H groups in total. The highest BCUT2D eigenvalue weighted by Gasteiger charge is 2.13. The zero-order chi connectivity index (χ0) is 18.9. The Morgan fingerprint density at radius 1 is 0.815 bits per heavy atom. The van der Waals surface area contributed by atoms with Crippen LogP contribution in [-0.4, -0.2) is 21.0 Å². The topological polar surface area (TPSA) is 66.0 Å². The van der Waals surface area contributed by atoms with Crippen molar-refractivity contribution in [2.45, 2.75) is 44.9 Å². The molecule has 0 radical (unpaired) electrons. The van der Waals surface area contributed by atoms with Crippen LogP contribution in [0.1, 0.15) is 44.3 Å². The zero-order valence-corrected chi connectivity index (χ0v) is 15.5. The van der Waals surface area contributed by atoms with E-state index in [1.54, 1.807) is 0 Å². The predicted octanol–water partition coefficient (Wildman–Crippen LogP) is 5.71. The first-order valence-electron chi connectivity index (χ1n) is 9.65. The molecule has 2 aromatic carbocycles. The number of aromatic amines is 1. The minimum absolute atomic E-state index is 0.277. The second-order valence-corrected chi connectivity index (χ2v) is 6.80. The molecule has 0 fully saturated rings. The van der Waals surface area contributed by atoms with Crippen molar-refractivity contribution >= 4 is 5.97 Å².